The Labute approximate surface area is 161 Å². The number of rotatable bonds is 3. The molecular formula is C23H20F3NO. The van der Waals surface area contributed by atoms with Crippen molar-refractivity contribution in [1.82, 2.24) is 0 Å². The van der Waals surface area contributed by atoms with Crippen molar-refractivity contribution in [3.8, 4) is 0 Å². The molecule has 5 heteroatoms. The molecule has 0 spiro atoms. The molecule has 1 atom stereocenters. The molecule has 3 aromatic carbocycles. The van der Waals surface area contributed by atoms with Crippen LogP contribution in [0.25, 0.3) is 10.8 Å². The van der Waals surface area contributed by atoms with Crippen LogP contribution >= 0.6 is 0 Å². The van der Waals surface area contributed by atoms with Crippen LogP contribution in [0.2, 0.25) is 0 Å². The Morgan fingerprint density at radius 1 is 1.00 bits per heavy atom. The van der Waals surface area contributed by atoms with Crippen LogP contribution in [0.3, 0.4) is 0 Å². The summed E-state index contributed by atoms with van der Waals surface area (Å²) in [6.45, 7) is 2.54. The maximum Gasteiger partial charge on any atom is 0.416 e. The zero-order valence-corrected chi connectivity index (χ0v) is 15.5. The number of carbonyl (C=O) groups is 1. The third kappa shape index (κ3) is 3.05. The first-order valence-corrected chi connectivity index (χ1v) is 9.40. The van der Waals surface area contributed by atoms with E-state index in [1.807, 2.05) is 43.3 Å². The number of fused-ring (bicyclic) bond motifs is 3. The molecule has 1 unspecified atom stereocenters. The molecule has 3 aromatic rings. The molecule has 4 rings (SSSR count). The first kappa shape index (κ1) is 18.5. The van der Waals surface area contributed by atoms with Gasteiger partial charge in [0.05, 0.1) is 5.56 Å². The Hall–Kier alpha value is -2.82. The van der Waals surface area contributed by atoms with Crippen molar-refractivity contribution in [2.24, 2.45) is 0 Å². The van der Waals surface area contributed by atoms with Crippen molar-refractivity contribution in [3.63, 3.8) is 0 Å². The van der Waals surface area contributed by atoms with E-state index in [0.717, 1.165) is 34.5 Å². The minimum absolute atomic E-state index is 0.0358. The molecule has 1 aliphatic rings. The zero-order chi connectivity index (χ0) is 19.9. The number of halogens is 3. The van der Waals surface area contributed by atoms with Gasteiger partial charge < -0.3 is 4.90 Å². The summed E-state index contributed by atoms with van der Waals surface area (Å²) >= 11 is 0. The van der Waals surface area contributed by atoms with E-state index in [4.69, 9.17) is 0 Å². The van der Waals surface area contributed by atoms with Gasteiger partial charge in [0.25, 0.3) is 0 Å². The summed E-state index contributed by atoms with van der Waals surface area (Å²) in [5, 5.41) is 1.86. The van der Waals surface area contributed by atoms with E-state index in [1.54, 1.807) is 11.0 Å². The van der Waals surface area contributed by atoms with E-state index in [-0.39, 0.29) is 17.9 Å². The van der Waals surface area contributed by atoms with Crippen molar-refractivity contribution < 1.29 is 18.0 Å². The average Bonchev–Trinajstić information content (AvgIpc) is 2.69. The Bertz CT molecular complexity index is 1040. The smallest absolute Gasteiger partial charge is 0.312 e. The van der Waals surface area contributed by atoms with Gasteiger partial charge in [0, 0.05) is 24.6 Å². The highest BCUT2D eigenvalue weighted by molar-refractivity contribution is 6.03. The van der Waals surface area contributed by atoms with Crippen molar-refractivity contribution in [2.45, 2.75) is 31.9 Å². The van der Waals surface area contributed by atoms with Crippen molar-refractivity contribution >= 4 is 22.4 Å². The van der Waals surface area contributed by atoms with Crippen LogP contribution in [0.4, 0.5) is 18.9 Å². The Kier molecular flexibility index (Phi) is 4.61. The minimum atomic E-state index is -4.47. The summed E-state index contributed by atoms with van der Waals surface area (Å²) < 4.78 is 41.1. The standard InChI is InChI=1S/C23H20F3NO/c1-2-13-27-20-12-11-15-7-3-4-8-16(15)22(20)18(14-21(27)28)17-9-5-6-10-19(17)23(24,25)26/h3-12,18H,2,13-14H2,1H3. The molecule has 0 aliphatic carbocycles. The van der Waals surface area contributed by atoms with Crippen LogP contribution in [0.1, 0.15) is 42.4 Å². The number of carbonyl (C=O) groups excluding carboxylic acids is 1. The topological polar surface area (TPSA) is 20.3 Å². The van der Waals surface area contributed by atoms with Gasteiger partial charge in [-0.25, -0.2) is 0 Å². The van der Waals surface area contributed by atoms with Crippen LogP contribution in [0.5, 0.6) is 0 Å². The maximum atomic E-state index is 13.7. The number of anilines is 1. The van der Waals surface area contributed by atoms with Crippen molar-refractivity contribution in [2.75, 3.05) is 11.4 Å². The van der Waals surface area contributed by atoms with Gasteiger partial charge >= 0.3 is 6.18 Å². The lowest BCUT2D eigenvalue weighted by molar-refractivity contribution is -0.138. The quantitative estimate of drug-likeness (QED) is 0.532. The predicted octanol–water partition coefficient (Wildman–Crippen LogP) is 6.14. The molecule has 28 heavy (non-hydrogen) atoms. The fraction of sp³-hybridized carbons (Fsp3) is 0.261. The summed E-state index contributed by atoms with van der Waals surface area (Å²) in [7, 11) is 0. The fourth-order valence-corrected chi connectivity index (χ4v) is 4.20. The van der Waals surface area contributed by atoms with E-state index in [9.17, 15) is 18.0 Å². The summed E-state index contributed by atoms with van der Waals surface area (Å²) in [4.78, 5) is 14.6. The van der Waals surface area contributed by atoms with Crippen LogP contribution in [0.15, 0.2) is 60.7 Å². The van der Waals surface area contributed by atoms with E-state index < -0.39 is 17.7 Å². The first-order chi connectivity index (χ1) is 13.4. The van der Waals surface area contributed by atoms with Gasteiger partial charge in [-0.2, -0.15) is 13.2 Å². The number of benzene rings is 3. The van der Waals surface area contributed by atoms with E-state index in [1.165, 1.54) is 12.1 Å². The number of alkyl halides is 3. The zero-order valence-electron chi connectivity index (χ0n) is 15.5. The summed E-state index contributed by atoms with van der Waals surface area (Å²) in [5.41, 5.74) is 1.02. The highest BCUT2D eigenvalue weighted by Crippen LogP contribution is 2.47. The fourth-order valence-electron chi connectivity index (χ4n) is 4.20. The lowest BCUT2D eigenvalue weighted by Crippen LogP contribution is -2.38. The summed E-state index contributed by atoms with van der Waals surface area (Å²) in [6, 6.07) is 17.1. The van der Waals surface area contributed by atoms with Gasteiger partial charge in [-0.1, -0.05) is 55.5 Å². The van der Waals surface area contributed by atoms with Crippen LogP contribution in [0, 0.1) is 0 Å². The molecule has 0 saturated carbocycles. The number of nitrogens with zero attached hydrogens (tertiary/aromatic N) is 1. The molecule has 0 aromatic heterocycles. The van der Waals surface area contributed by atoms with E-state index in [2.05, 4.69) is 0 Å². The monoisotopic (exact) mass is 383 g/mol. The lowest BCUT2D eigenvalue weighted by Gasteiger charge is -2.36. The molecule has 1 heterocycles. The van der Waals surface area contributed by atoms with Gasteiger partial charge in [0.15, 0.2) is 0 Å². The molecule has 0 bridgehead atoms. The minimum Gasteiger partial charge on any atom is -0.312 e. The second-order valence-electron chi connectivity index (χ2n) is 7.11. The average molecular weight is 383 g/mol. The molecule has 144 valence electrons. The molecule has 0 saturated heterocycles. The molecule has 1 aliphatic heterocycles. The number of hydrogen-bond donors (Lipinski definition) is 0. The van der Waals surface area contributed by atoms with E-state index in [0.29, 0.717) is 6.54 Å². The Morgan fingerprint density at radius 2 is 1.71 bits per heavy atom. The second-order valence-corrected chi connectivity index (χ2v) is 7.11. The molecule has 2 nitrogen and oxygen atoms in total. The second kappa shape index (κ2) is 6.97. The molecule has 0 fully saturated rings. The normalized spacial score (nSPS) is 17.1. The van der Waals surface area contributed by atoms with Gasteiger partial charge in [0.2, 0.25) is 5.91 Å². The van der Waals surface area contributed by atoms with E-state index >= 15 is 0 Å². The maximum absolute atomic E-state index is 13.7. The highest BCUT2D eigenvalue weighted by atomic mass is 19.4. The van der Waals surface area contributed by atoms with Gasteiger partial charge in [-0.05, 0) is 40.5 Å². The van der Waals surface area contributed by atoms with Gasteiger partial charge in [-0.15, -0.1) is 0 Å². The number of hydrogen-bond acceptors (Lipinski definition) is 1. The van der Waals surface area contributed by atoms with Crippen LogP contribution < -0.4 is 4.90 Å². The largest absolute Gasteiger partial charge is 0.416 e. The lowest BCUT2D eigenvalue weighted by atomic mass is 9.79. The Morgan fingerprint density at radius 3 is 2.46 bits per heavy atom. The van der Waals surface area contributed by atoms with Crippen molar-refractivity contribution in [3.05, 3.63) is 77.4 Å². The summed E-state index contributed by atoms with van der Waals surface area (Å²) in [5.74, 6) is -0.758. The summed E-state index contributed by atoms with van der Waals surface area (Å²) in [6.07, 6.45) is -3.65. The van der Waals surface area contributed by atoms with Crippen molar-refractivity contribution in [1.29, 1.82) is 0 Å². The third-order valence-corrected chi connectivity index (χ3v) is 5.36. The van der Waals surface area contributed by atoms with Crippen LogP contribution in [-0.2, 0) is 11.0 Å². The molecule has 0 N–H and O–H groups in total. The SMILES string of the molecule is CCCN1C(=O)CC(c2ccccc2C(F)(F)F)c2c1ccc1ccccc21. The highest BCUT2D eigenvalue weighted by Gasteiger charge is 2.39. The number of amides is 1. The molecule has 0 radical (unpaired) electrons. The van der Waals surface area contributed by atoms with Gasteiger partial charge in [-0.3, -0.25) is 4.79 Å². The van der Waals surface area contributed by atoms with Crippen LogP contribution in [-0.4, -0.2) is 12.5 Å². The molecular weight excluding hydrogens is 363 g/mol. The first-order valence-electron chi connectivity index (χ1n) is 9.40. The van der Waals surface area contributed by atoms with Gasteiger partial charge in [0.1, 0.15) is 0 Å². The predicted molar refractivity (Wildman–Crippen MR) is 104 cm³/mol. The Balaban J connectivity index is 2.01. The molecule has 1 amide bonds. The third-order valence-electron chi connectivity index (χ3n) is 5.36.